The summed E-state index contributed by atoms with van der Waals surface area (Å²) in [5, 5.41) is 19.2. The van der Waals surface area contributed by atoms with E-state index in [0.717, 1.165) is 0 Å². The normalized spacial score (nSPS) is 22.8. The van der Waals surface area contributed by atoms with Crippen molar-refractivity contribution in [2.75, 3.05) is 0 Å². The monoisotopic (exact) mass is 264 g/mol. The summed E-state index contributed by atoms with van der Waals surface area (Å²) in [6.45, 7) is 5.37. The van der Waals surface area contributed by atoms with Crippen molar-refractivity contribution in [2.45, 2.75) is 51.2 Å². The lowest BCUT2D eigenvalue weighted by molar-refractivity contribution is 0.0120. The summed E-state index contributed by atoms with van der Waals surface area (Å²) in [5.74, 6) is 0.540. The fourth-order valence-corrected chi connectivity index (χ4v) is 2.27. The van der Waals surface area contributed by atoms with Crippen LogP contribution >= 0.6 is 0 Å². The number of phenols is 1. The minimum absolute atomic E-state index is 0.0320. The molecule has 4 nitrogen and oxygen atoms in total. The predicted molar refractivity (Wildman–Crippen MR) is 71.6 cm³/mol. The van der Waals surface area contributed by atoms with Gasteiger partial charge in [-0.2, -0.15) is 0 Å². The number of ether oxygens (including phenoxy) is 1. The van der Waals surface area contributed by atoms with Crippen molar-refractivity contribution in [3.05, 3.63) is 23.8 Å². The van der Waals surface area contributed by atoms with Crippen molar-refractivity contribution in [1.29, 1.82) is 0 Å². The number of benzene rings is 1. The Labute approximate surface area is 113 Å². The highest BCUT2D eigenvalue weighted by Crippen LogP contribution is 2.38. The Morgan fingerprint density at radius 1 is 1.42 bits per heavy atom. The third kappa shape index (κ3) is 3.26. The molecule has 1 aromatic rings. The van der Waals surface area contributed by atoms with Gasteiger partial charge in [-0.1, -0.05) is 0 Å². The van der Waals surface area contributed by atoms with Crippen LogP contribution in [0.3, 0.4) is 0 Å². The minimum atomic E-state index is -0.773. The molecule has 0 saturated heterocycles. The van der Waals surface area contributed by atoms with E-state index in [1.165, 1.54) is 12.1 Å². The van der Waals surface area contributed by atoms with Crippen LogP contribution in [-0.4, -0.2) is 27.2 Å². The molecule has 0 spiro atoms. The second-order valence-corrected chi connectivity index (χ2v) is 6.14. The van der Waals surface area contributed by atoms with Gasteiger partial charge in [0.2, 0.25) is 0 Å². The Kier molecular flexibility index (Phi) is 3.31. The number of hydrogen-bond acceptors (Lipinski definition) is 4. The molecule has 104 valence electrons. The fraction of sp³-hybridized carbons (Fsp3) is 0.533. The average Bonchev–Trinajstić information content (AvgIpc) is 2.27. The maximum Gasteiger partial charge on any atom is 0.170 e. The molecule has 2 N–H and O–H groups in total. The molecule has 0 aromatic heterocycles. The first kappa shape index (κ1) is 13.9. The van der Waals surface area contributed by atoms with Gasteiger partial charge < -0.3 is 14.9 Å². The molecular formula is C15H20O4. The number of carbonyl (C=O) groups is 1. The van der Waals surface area contributed by atoms with Crippen molar-refractivity contribution in [3.63, 3.8) is 0 Å². The number of phenolic OH excluding ortho intramolecular Hbond substituents is 1. The fourth-order valence-electron chi connectivity index (χ4n) is 2.27. The highest BCUT2D eigenvalue weighted by Gasteiger charge is 2.37. The highest BCUT2D eigenvalue weighted by atomic mass is 16.5. The van der Waals surface area contributed by atoms with Gasteiger partial charge in [0, 0.05) is 0 Å². The third-order valence-corrected chi connectivity index (χ3v) is 3.42. The van der Waals surface area contributed by atoms with Gasteiger partial charge in [0.05, 0.1) is 17.6 Å². The van der Waals surface area contributed by atoms with Crippen LogP contribution in [-0.2, 0) is 0 Å². The average molecular weight is 264 g/mol. The molecule has 1 aromatic carbocycles. The van der Waals surface area contributed by atoms with Crippen LogP contribution in [0.5, 0.6) is 11.5 Å². The molecule has 2 rings (SSSR count). The molecule has 0 bridgehead atoms. The van der Waals surface area contributed by atoms with Crippen LogP contribution < -0.4 is 4.74 Å². The van der Waals surface area contributed by atoms with E-state index in [1.54, 1.807) is 19.9 Å². The summed E-state index contributed by atoms with van der Waals surface area (Å²) < 4.78 is 5.90. The van der Waals surface area contributed by atoms with E-state index in [4.69, 9.17) is 4.74 Å². The Hall–Kier alpha value is -1.55. The maximum absolute atomic E-state index is 12.1. The SMILES string of the molecule is CC(C)(O)CCC1(C)CC(=O)c2cc(O)ccc2O1. The van der Waals surface area contributed by atoms with Crippen LogP contribution in [0.1, 0.15) is 50.4 Å². The standard InChI is InChI=1S/C15H20O4/c1-14(2,18)6-7-15(3)9-12(17)11-8-10(16)4-5-13(11)19-15/h4-5,8,16,18H,6-7,9H2,1-3H3. The second kappa shape index (κ2) is 4.53. The Morgan fingerprint density at radius 3 is 2.74 bits per heavy atom. The van der Waals surface area contributed by atoms with Crippen molar-refractivity contribution >= 4 is 5.78 Å². The van der Waals surface area contributed by atoms with Crippen molar-refractivity contribution in [1.82, 2.24) is 0 Å². The largest absolute Gasteiger partial charge is 0.508 e. The van der Waals surface area contributed by atoms with Crippen LogP contribution in [0.2, 0.25) is 0 Å². The predicted octanol–water partition coefficient (Wildman–Crippen LogP) is 2.67. The lowest BCUT2D eigenvalue weighted by atomic mass is 9.85. The first-order chi connectivity index (χ1) is 8.69. The van der Waals surface area contributed by atoms with Gasteiger partial charge >= 0.3 is 0 Å². The Morgan fingerprint density at radius 2 is 2.11 bits per heavy atom. The zero-order valence-corrected chi connectivity index (χ0v) is 11.6. The van der Waals surface area contributed by atoms with E-state index < -0.39 is 11.2 Å². The summed E-state index contributed by atoms with van der Waals surface area (Å²) >= 11 is 0. The molecule has 4 heteroatoms. The molecule has 1 aliphatic rings. The lowest BCUT2D eigenvalue weighted by Gasteiger charge is -2.36. The van der Waals surface area contributed by atoms with E-state index >= 15 is 0 Å². The van der Waals surface area contributed by atoms with Crippen molar-refractivity contribution in [2.24, 2.45) is 0 Å². The van der Waals surface area contributed by atoms with Gasteiger partial charge in [0.15, 0.2) is 5.78 Å². The smallest absolute Gasteiger partial charge is 0.170 e. The van der Waals surface area contributed by atoms with Gasteiger partial charge in [-0.3, -0.25) is 4.79 Å². The van der Waals surface area contributed by atoms with Gasteiger partial charge in [0.25, 0.3) is 0 Å². The maximum atomic E-state index is 12.1. The van der Waals surface area contributed by atoms with Gasteiger partial charge in [0.1, 0.15) is 17.1 Å². The van der Waals surface area contributed by atoms with Gasteiger partial charge in [-0.25, -0.2) is 0 Å². The molecule has 0 amide bonds. The molecule has 1 aliphatic heterocycles. The number of fused-ring (bicyclic) bond motifs is 1. The Bertz CT molecular complexity index is 501. The first-order valence-electron chi connectivity index (χ1n) is 6.46. The van der Waals surface area contributed by atoms with E-state index in [2.05, 4.69) is 0 Å². The van der Waals surface area contributed by atoms with Crippen LogP contribution in [0.15, 0.2) is 18.2 Å². The topological polar surface area (TPSA) is 66.8 Å². The van der Waals surface area contributed by atoms with Gasteiger partial charge in [-0.15, -0.1) is 0 Å². The van der Waals surface area contributed by atoms with Crippen LogP contribution in [0.25, 0.3) is 0 Å². The number of carbonyl (C=O) groups excluding carboxylic acids is 1. The first-order valence-corrected chi connectivity index (χ1v) is 6.46. The number of Topliss-reactive ketones (excluding diaryl/α,β-unsaturated/α-hetero) is 1. The summed E-state index contributed by atoms with van der Waals surface area (Å²) in [5.41, 5.74) is -0.938. The second-order valence-electron chi connectivity index (χ2n) is 6.14. The minimum Gasteiger partial charge on any atom is -0.508 e. The summed E-state index contributed by atoms with van der Waals surface area (Å²) in [4.78, 5) is 12.1. The lowest BCUT2D eigenvalue weighted by Crippen LogP contribution is -2.40. The third-order valence-electron chi connectivity index (χ3n) is 3.42. The number of rotatable bonds is 3. The number of hydrogen-bond donors (Lipinski definition) is 2. The van der Waals surface area contributed by atoms with E-state index in [-0.39, 0.29) is 18.0 Å². The number of aliphatic hydroxyl groups is 1. The zero-order valence-electron chi connectivity index (χ0n) is 11.6. The summed E-state index contributed by atoms with van der Waals surface area (Å²) in [7, 11) is 0. The van der Waals surface area contributed by atoms with Crippen LogP contribution in [0.4, 0.5) is 0 Å². The molecule has 1 atom stereocenters. The molecule has 19 heavy (non-hydrogen) atoms. The molecule has 1 heterocycles. The van der Waals surface area contributed by atoms with Crippen molar-refractivity contribution in [3.8, 4) is 11.5 Å². The summed E-state index contributed by atoms with van der Waals surface area (Å²) in [6, 6.07) is 4.56. The van der Waals surface area contributed by atoms with Crippen LogP contribution in [0, 0.1) is 0 Å². The van der Waals surface area contributed by atoms with Crippen molar-refractivity contribution < 1.29 is 19.7 Å². The summed E-state index contributed by atoms with van der Waals surface area (Å²) in [6.07, 6.45) is 1.42. The molecular weight excluding hydrogens is 244 g/mol. The Balaban J connectivity index is 2.20. The molecule has 0 fully saturated rings. The number of ketones is 1. The highest BCUT2D eigenvalue weighted by molar-refractivity contribution is 6.00. The molecule has 0 radical (unpaired) electrons. The van der Waals surface area contributed by atoms with E-state index in [9.17, 15) is 15.0 Å². The molecule has 1 unspecified atom stereocenters. The van der Waals surface area contributed by atoms with E-state index in [0.29, 0.717) is 24.2 Å². The quantitative estimate of drug-likeness (QED) is 0.880. The zero-order chi connectivity index (χ0) is 14.3. The van der Waals surface area contributed by atoms with Gasteiger partial charge in [-0.05, 0) is 51.8 Å². The molecule has 0 saturated carbocycles. The number of aromatic hydroxyl groups is 1. The molecule has 0 aliphatic carbocycles. The van der Waals surface area contributed by atoms with E-state index in [1.807, 2.05) is 6.92 Å².